The van der Waals surface area contributed by atoms with Gasteiger partial charge in [0.1, 0.15) is 11.3 Å². The average molecular weight is 245 g/mol. The number of nitrogens with zero attached hydrogens (tertiary/aromatic N) is 1. The molecule has 0 aliphatic carbocycles. The molecule has 3 rings (SSSR count). The van der Waals surface area contributed by atoms with E-state index in [0.717, 1.165) is 11.0 Å². The summed E-state index contributed by atoms with van der Waals surface area (Å²) in [5.74, 6) is 0.653. The minimum absolute atomic E-state index is 0.595. The number of rotatable bonds is 1. The Morgan fingerprint density at radius 1 is 1.18 bits per heavy atom. The number of hydrogen-bond donors (Lipinski definition) is 1. The Bertz CT molecular complexity index is 691. The van der Waals surface area contributed by atoms with Gasteiger partial charge >= 0.3 is 0 Å². The molecule has 2 aromatic heterocycles. The van der Waals surface area contributed by atoms with Gasteiger partial charge in [0.05, 0.1) is 5.69 Å². The summed E-state index contributed by atoms with van der Waals surface area (Å²) in [5.41, 5.74) is 7.88. The number of furan rings is 1. The maximum absolute atomic E-state index is 5.92. The SMILES string of the molecule is Nc1cccnc1-c1cc2cc(Cl)ccc2o1. The van der Waals surface area contributed by atoms with Crippen LogP contribution in [0.25, 0.3) is 22.4 Å². The van der Waals surface area contributed by atoms with Crippen LogP contribution in [0.1, 0.15) is 0 Å². The van der Waals surface area contributed by atoms with E-state index in [-0.39, 0.29) is 0 Å². The fraction of sp³-hybridized carbons (Fsp3) is 0. The lowest BCUT2D eigenvalue weighted by atomic mass is 10.2. The predicted octanol–water partition coefficient (Wildman–Crippen LogP) is 3.73. The van der Waals surface area contributed by atoms with Gasteiger partial charge in [0.25, 0.3) is 0 Å². The topological polar surface area (TPSA) is 52.0 Å². The highest BCUT2D eigenvalue weighted by Gasteiger charge is 2.10. The molecule has 3 nitrogen and oxygen atoms in total. The predicted molar refractivity (Wildman–Crippen MR) is 68.9 cm³/mol. The molecule has 0 unspecified atom stereocenters. The van der Waals surface area contributed by atoms with Crippen LogP contribution in [0.2, 0.25) is 5.02 Å². The minimum atomic E-state index is 0.595. The van der Waals surface area contributed by atoms with E-state index in [1.807, 2.05) is 18.2 Å². The Labute approximate surface area is 103 Å². The third-order valence-electron chi connectivity index (χ3n) is 2.55. The van der Waals surface area contributed by atoms with Gasteiger partial charge in [0.2, 0.25) is 0 Å². The van der Waals surface area contributed by atoms with Crippen LogP contribution in [0, 0.1) is 0 Å². The molecule has 0 saturated heterocycles. The largest absolute Gasteiger partial charge is 0.454 e. The zero-order valence-corrected chi connectivity index (χ0v) is 9.61. The van der Waals surface area contributed by atoms with Gasteiger partial charge in [-0.3, -0.25) is 4.98 Å². The first-order valence-electron chi connectivity index (χ1n) is 5.14. The lowest BCUT2D eigenvalue weighted by molar-refractivity contribution is 0.629. The Balaban J connectivity index is 2.22. The standard InChI is InChI=1S/C13H9ClN2O/c14-9-3-4-11-8(6-9)7-12(17-11)13-10(15)2-1-5-16-13/h1-7H,15H2. The highest BCUT2D eigenvalue weighted by atomic mass is 35.5. The number of benzene rings is 1. The molecule has 2 N–H and O–H groups in total. The molecule has 0 bridgehead atoms. The first kappa shape index (κ1) is 10.2. The molecular formula is C13H9ClN2O. The molecule has 0 radical (unpaired) electrons. The van der Waals surface area contributed by atoms with Crippen molar-refractivity contribution >= 4 is 28.3 Å². The van der Waals surface area contributed by atoms with Crippen LogP contribution in [-0.4, -0.2) is 4.98 Å². The van der Waals surface area contributed by atoms with Crippen LogP contribution in [0.5, 0.6) is 0 Å². The fourth-order valence-corrected chi connectivity index (χ4v) is 1.94. The molecule has 0 aliphatic rings. The lowest BCUT2D eigenvalue weighted by Crippen LogP contribution is -1.90. The molecular weight excluding hydrogens is 236 g/mol. The van der Waals surface area contributed by atoms with Gasteiger partial charge in [-0.05, 0) is 36.4 Å². The number of pyridine rings is 1. The molecule has 0 saturated carbocycles. The highest BCUT2D eigenvalue weighted by Crippen LogP contribution is 2.30. The van der Waals surface area contributed by atoms with Crippen LogP contribution >= 0.6 is 11.6 Å². The molecule has 1 aromatic carbocycles. The lowest BCUT2D eigenvalue weighted by Gasteiger charge is -1.98. The van der Waals surface area contributed by atoms with Gasteiger partial charge < -0.3 is 10.2 Å². The van der Waals surface area contributed by atoms with Gasteiger partial charge in [-0.25, -0.2) is 0 Å². The van der Waals surface area contributed by atoms with Crippen molar-refractivity contribution in [3.63, 3.8) is 0 Å². The van der Waals surface area contributed by atoms with Crippen molar-refractivity contribution in [2.45, 2.75) is 0 Å². The number of nitrogen functional groups attached to an aromatic ring is 1. The van der Waals surface area contributed by atoms with Crippen LogP contribution in [-0.2, 0) is 0 Å². The first-order chi connectivity index (χ1) is 8.24. The van der Waals surface area contributed by atoms with Gasteiger partial charge in [-0.1, -0.05) is 11.6 Å². The summed E-state index contributed by atoms with van der Waals surface area (Å²) in [6.45, 7) is 0. The zero-order chi connectivity index (χ0) is 11.8. The second-order valence-electron chi connectivity index (χ2n) is 3.73. The van der Waals surface area contributed by atoms with Crippen molar-refractivity contribution in [1.29, 1.82) is 0 Å². The van der Waals surface area contributed by atoms with Gasteiger partial charge in [0.15, 0.2) is 5.76 Å². The Morgan fingerprint density at radius 2 is 2.06 bits per heavy atom. The monoisotopic (exact) mass is 244 g/mol. The number of nitrogens with two attached hydrogens (primary N) is 1. The summed E-state index contributed by atoms with van der Waals surface area (Å²) in [6.07, 6.45) is 1.69. The molecule has 0 aliphatic heterocycles. The molecule has 0 fully saturated rings. The normalized spacial score (nSPS) is 10.9. The Kier molecular flexibility index (Phi) is 2.27. The summed E-state index contributed by atoms with van der Waals surface area (Å²) in [6, 6.07) is 10.9. The van der Waals surface area contributed by atoms with Gasteiger partial charge in [-0.15, -0.1) is 0 Å². The maximum Gasteiger partial charge on any atom is 0.155 e. The molecule has 0 atom stereocenters. The number of hydrogen-bond acceptors (Lipinski definition) is 3. The molecule has 17 heavy (non-hydrogen) atoms. The molecule has 2 heterocycles. The maximum atomic E-state index is 5.92. The quantitative estimate of drug-likeness (QED) is 0.710. The van der Waals surface area contributed by atoms with Gasteiger partial charge in [0, 0.05) is 16.6 Å². The number of halogens is 1. The van der Waals surface area contributed by atoms with Crippen LogP contribution in [0.3, 0.4) is 0 Å². The summed E-state index contributed by atoms with van der Waals surface area (Å²) in [5, 5.41) is 1.62. The summed E-state index contributed by atoms with van der Waals surface area (Å²) < 4.78 is 5.69. The summed E-state index contributed by atoms with van der Waals surface area (Å²) in [4.78, 5) is 4.21. The second-order valence-corrected chi connectivity index (χ2v) is 4.17. The minimum Gasteiger partial charge on any atom is -0.454 e. The van der Waals surface area contributed by atoms with Crippen molar-refractivity contribution in [3.8, 4) is 11.5 Å². The van der Waals surface area contributed by atoms with Crippen LogP contribution < -0.4 is 5.73 Å². The zero-order valence-electron chi connectivity index (χ0n) is 8.85. The highest BCUT2D eigenvalue weighted by molar-refractivity contribution is 6.31. The van der Waals surface area contributed by atoms with Crippen LogP contribution in [0.15, 0.2) is 47.0 Å². The third kappa shape index (κ3) is 1.74. The Morgan fingerprint density at radius 3 is 2.88 bits per heavy atom. The molecule has 0 amide bonds. The number of fused-ring (bicyclic) bond motifs is 1. The van der Waals surface area contributed by atoms with E-state index in [0.29, 0.717) is 22.2 Å². The third-order valence-corrected chi connectivity index (χ3v) is 2.79. The first-order valence-corrected chi connectivity index (χ1v) is 5.52. The van der Waals surface area contributed by atoms with Crippen molar-refractivity contribution in [1.82, 2.24) is 4.98 Å². The number of aromatic nitrogens is 1. The van der Waals surface area contributed by atoms with Crippen molar-refractivity contribution in [2.24, 2.45) is 0 Å². The van der Waals surface area contributed by atoms with E-state index in [9.17, 15) is 0 Å². The van der Waals surface area contributed by atoms with E-state index in [1.54, 1.807) is 24.4 Å². The van der Waals surface area contributed by atoms with Gasteiger partial charge in [-0.2, -0.15) is 0 Å². The molecule has 0 spiro atoms. The van der Waals surface area contributed by atoms with Crippen molar-refractivity contribution in [2.75, 3.05) is 5.73 Å². The Hall–Kier alpha value is -2.00. The fourth-order valence-electron chi connectivity index (χ4n) is 1.75. The molecule has 3 aromatic rings. The van der Waals surface area contributed by atoms with Crippen molar-refractivity contribution < 1.29 is 4.42 Å². The summed E-state index contributed by atoms with van der Waals surface area (Å²) >= 11 is 5.92. The summed E-state index contributed by atoms with van der Waals surface area (Å²) in [7, 11) is 0. The number of anilines is 1. The van der Waals surface area contributed by atoms with E-state index in [2.05, 4.69) is 4.98 Å². The van der Waals surface area contributed by atoms with E-state index >= 15 is 0 Å². The van der Waals surface area contributed by atoms with Crippen LogP contribution in [0.4, 0.5) is 5.69 Å². The second kappa shape index (κ2) is 3.79. The van der Waals surface area contributed by atoms with E-state index < -0.39 is 0 Å². The molecule has 4 heteroatoms. The van der Waals surface area contributed by atoms with Crippen molar-refractivity contribution in [3.05, 3.63) is 47.6 Å². The molecule has 84 valence electrons. The van der Waals surface area contributed by atoms with E-state index in [1.165, 1.54) is 0 Å². The average Bonchev–Trinajstić information content (AvgIpc) is 2.72. The van der Waals surface area contributed by atoms with E-state index in [4.69, 9.17) is 21.8 Å². The smallest absolute Gasteiger partial charge is 0.155 e.